The zero-order valence-electron chi connectivity index (χ0n) is 18.5. The molecule has 170 valence electrons. The van der Waals surface area contributed by atoms with Gasteiger partial charge in [-0.1, -0.05) is 55.6 Å². The van der Waals surface area contributed by atoms with Gasteiger partial charge in [-0.2, -0.15) is 5.10 Å². The van der Waals surface area contributed by atoms with Gasteiger partial charge in [0.1, 0.15) is 11.5 Å². The van der Waals surface area contributed by atoms with Crippen LogP contribution in [0.1, 0.15) is 51.1 Å². The number of aliphatic hydroxyl groups is 1. The number of nitrogens with zero attached hydrogens (tertiary/aromatic N) is 2. The molecule has 2 N–H and O–H groups in total. The molecule has 0 saturated heterocycles. The van der Waals surface area contributed by atoms with Gasteiger partial charge in [-0.05, 0) is 49.6 Å². The van der Waals surface area contributed by atoms with E-state index in [0.717, 1.165) is 36.3 Å². The first kappa shape index (κ1) is 22.6. The number of hydrogen-bond donors (Lipinski definition) is 2. The Balaban J connectivity index is 1.65. The average molecular weight is 456 g/mol. The van der Waals surface area contributed by atoms with E-state index < -0.39 is 6.10 Å². The fraction of sp³-hybridized carbons (Fsp3) is 0.440. The van der Waals surface area contributed by atoms with Crippen molar-refractivity contribution in [1.82, 2.24) is 5.32 Å². The van der Waals surface area contributed by atoms with Gasteiger partial charge in [-0.25, -0.2) is 0 Å². The highest BCUT2D eigenvalue weighted by Gasteiger charge is 2.40. The van der Waals surface area contributed by atoms with Crippen molar-refractivity contribution in [3.63, 3.8) is 0 Å². The van der Waals surface area contributed by atoms with Crippen LogP contribution in [0.15, 0.2) is 53.6 Å². The quantitative estimate of drug-likeness (QED) is 0.661. The molecule has 0 bridgehead atoms. The van der Waals surface area contributed by atoms with E-state index in [4.69, 9.17) is 21.4 Å². The van der Waals surface area contributed by atoms with E-state index >= 15 is 0 Å². The second-order valence-electron chi connectivity index (χ2n) is 8.45. The predicted octanol–water partition coefficient (Wildman–Crippen LogP) is 4.71. The number of nitrogens with one attached hydrogen (secondary N) is 1. The molecule has 0 aromatic heterocycles. The first-order valence-electron chi connectivity index (χ1n) is 11.3. The summed E-state index contributed by atoms with van der Waals surface area (Å²) in [5.74, 6) is 0.398. The van der Waals surface area contributed by atoms with Crippen molar-refractivity contribution in [1.29, 1.82) is 0 Å². The molecule has 2 aromatic carbocycles. The van der Waals surface area contributed by atoms with Gasteiger partial charge in [-0.15, -0.1) is 0 Å². The second-order valence-corrected chi connectivity index (χ2v) is 8.86. The third-order valence-corrected chi connectivity index (χ3v) is 6.61. The zero-order chi connectivity index (χ0) is 22.7. The molecule has 2 aromatic rings. The third kappa shape index (κ3) is 4.62. The van der Waals surface area contributed by atoms with Crippen molar-refractivity contribution in [2.24, 2.45) is 11.0 Å². The van der Waals surface area contributed by atoms with Gasteiger partial charge >= 0.3 is 0 Å². The normalized spacial score (nSPS) is 25.4. The van der Waals surface area contributed by atoms with E-state index in [0.29, 0.717) is 23.8 Å². The number of rotatable bonds is 6. The summed E-state index contributed by atoms with van der Waals surface area (Å²) >= 11 is 6.51. The van der Waals surface area contributed by atoms with Gasteiger partial charge in [0.15, 0.2) is 0 Å². The molecule has 32 heavy (non-hydrogen) atoms. The van der Waals surface area contributed by atoms with E-state index in [1.165, 1.54) is 0 Å². The van der Waals surface area contributed by atoms with Crippen LogP contribution in [0, 0.1) is 5.92 Å². The van der Waals surface area contributed by atoms with Crippen molar-refractivity contribution >= 4 is 28.9 Å². The summed E-state index contributed by atoms with van der Waals surface area (Å²) in [6.07, 6.45) is 2.99. The van der Waals surface area contributed by atoms with E-state index in [2.05, 4.69) is 5.32 Å². The summed E-state index contributed by atoms with van der Waals surface area (Å²) in [6.45, 7) is 4.56. The Bertz CT molecular complexity index is 979. The van der Waals surface area contributed by atoms with Crippen LogP contribution < -0.4 is 15.1 Å². The number of halogens is 1. The highest BCUT2D eigenvalue weighted by Crippen LogP contribution is 2.42. The molecule has 0 radical (unpaired) electrons. The Morgan fingerprint density at radius 1 is 1.19 bits per heavy atom. The lowest BCUT2D eigenvalue weighted by Crippen LogP contribution is -2.48. The molecule has 1 aliphatic carbocycles. The third-order valence-electron chi connectivity index (χ3n) is 6.29. The first-order chi connectivity index (χ1) is 15.5. The van der Waals surface area contributed by atoms with Crippen molar-refractivity contribution in [2.75, 3.05) is 11.6 Å². The van der Waals surface area contributed by atoms with Crippen molar-refractivity contribution in [3.05, 3.63) is 59.1 Å². The van der Waals surface area contributed by atoms with Gasteiger partial charge in [-0.3, -0.25) is 9.80 Å². The number of anilines is 1. The lowest BCUT2D eigenvalue weighted by Gasteiger charge is -2.29. The van der Waals surface area contributed by atoms with Crippen molar-refractivity contribution < 1.29 is 14.6 Å². The largest absolute Gasteiger partial charge is 0.494 e. The smallest absolute Gasteiger partial charge is 0.268 e. The molecule has 0 unspecified atom stereocenters. The van der Waals surface area contributed by atoms with Gasteiger partial charge < -0.3 is 15.2 Å². The maximum absolute atomic E-state index is 13.2. The number of hydrogen-bond acceptors (Lipinski definition) is 5. The molecule has 0 spiro atoms. The monoisotopic (exact) mass is 455 g/mol. The van der Waals surface area contributed by atoms with E-state index in [1.807, 2.05) is 67.4 Å². The van der Waals surface area contributed by atoms with Crippen molar-refractivity contribution in [3.8, 4) is 5.75 Å². The topological polar surface area (TPSA) is 74.2 Å². The number of para-hydroxylation sites is 1. The van der Waals surface area contributed by atoms with Crippen LogP contribution in [0.2, 0.25) is 5.02 Å². The van der Waals surface area contributed by atoms with Crippen molar-refractivity contribution in [2.45, 2.75) is 57.7 Å². The molecule has 4 rings (SSSR count). The van der Waals surface area contributed by atoms with E-state index in [-0.39, 0.29) is 23.9 Å². The number of ether oxygens (including phenoxy) is 1. The van der Waals surface area contributed by atoms with Crippen LogP contribution in [0.4, 0.5) is 5.69 Å². The fourth-order valence-corrected chi connectivity index (χ4v) is 4.83. The first-order valence-corrected chi connectivity index (χ1v) is 11.7. The molecule has 1 saturated carbocycles. The standard InChI is InChI=1S/C25H30ClN3O3/c1-3-32-18-14-12-17(13-15-18)24-16(2)23(25(31)27-20-9-5-7-11-22(20)30)28-29(24)21-10-6-4-8-19(21)26/h4,6,8,10,12-16,20,22,24,30H,3,5,7,9,11H2,1-2H3,(H,27,31)/t16-,20-,22-,24+/m0/s1. The molecular formula is C25H30ClN3O3. The Labute approximate surface area is 194 Å². The number of carbonyl (C=O) groups is 1. The highest BCUT2D eigenvalue weighted by molar-refractivity contribution is 6.41. The molecule has 4 atom stereocenters. The van der Waals surface area contributed by atoms with Crippen LogP contribution in [0.5, 0.6) is 5.75 Å². The Kier molecular flexibility index (Phi) is 7.01. The lowest BCUT2D eigenvalue weighted by atomic mass is 9.89. The summed E-state index contributed by atoms with van der Waals surface area (Å²) < 4.78 is 5.58. The molecule has 6 nitrogen and oxygen atoms in total. The second kappa shape index (κ2) is 9.92. The zero-order valence-corrected chi connectivity index (χ0v) is 19.3. The van der Waals surface area contributed by atoms with Crippen LogP contribution in [0.3, 0.4) is 0 Å². The number of aliphatic hydroxyl groups excluding tert-OH is 1. The number of carbonyl (C=O) groups excluding carboxylic acids is 1. The average Bonchev–Trinajstić information content (AvgIpc) is 3.13. The maximum Gasteiger partial charge on any atom is 0.268 e. The summed E-state index contributed by atoms with van der Waals surface area (Å²) in [5, 5.41) is 20.5. The number of amides is 1. The summed E-state index contributed by atoms with van der Waals surface area (Å²) in [5.41, 5.74) is 2.21. The highest BCUT2D eigenvalue weighted by atomic mass is 35.5. The van der Waals surface area contributed by atoms with Crippen LogP contribution in [0.25, 0.3) is 0 Å². The molecule has 7 heteroatoms. The molecular weight excluding hydrogens is 426 g/mol. The van der Waals surface area contributed by atoms with E-state index in [9.17, 15) is 9.90 Å². The Hall–Kier alpha value is -2.57. The molecule has 1 fully saturated rings. The fourth-order valence-electron chi connectivity index (χ4n) is 4.60. The number of hydrazone groups is 1. The van der Waals surface area contributed by atoms with Crippen LogP contribution in [-0.2, 0) is 4.79 Å². The summed E-state index contributed by atoms with van der Waals surface area (Å²) in [4.78, 5) is 13.2. The van der Waals surface area contributed by atoms with Gasteiger partial charge in [0, 0.05) is 5.92 Å². The van der Waals surface area contributed by atoms with Crippen LogP contribution in [-0.4, -0.2) is 35.5 Å². The Morgan fingerprint density at radius 2 is 1.91 bits per heavy atom. The minimum absolute atomic E-state index is 0.176. The molecule has 1 amide bonds. The summed E-state index contributed by atoms with van der Waals surface area (Å²) in [6, 6.07) is 15.0. The van der Waals surface area contributed by atoms with E-state index in [1.54, 1.807) is 0 Å². The molecule has 2 aliphatic rings. The lowest BCUT2D eigenvalue weighted by molar-refractivity contribution is -0.116. The van der Waals surface area contributed by atoms with Gasteiger partial charge in [0.2, 0.25) is 0 Å². The van der Waals surface area contributed by atoms with Gasteiger partial charge in [0.25, 0.3) is 5.91 Å². The maximum atomic E-state index is 13.2. The minimum Gasteiger partial charge on any atom is -0.494 e. The van der Waals surface area contributed by atoms with Crippen LogP contribution >= 0.6 is 11.6 Å². The minimum atomic E-state index is -0.508. The molecule has 1 aliphatic heterocycles. The summed E-state index contributed by atoms with van der Waals surface area (Å²) in [7, 11) is 0. The SMILES string of the molecule is CCOc1ccc([C@H]2[C@@H](C)C(C(=O)N[C@H]3CCCC[C@@H]3O)=NN2c2ccccc2Cl)cc1. The predicted molar refractivity (Wildman–Crippen MR) is 127 cm³/mol. The number of benzene rings is 2. The van der Waals surface area contributed by atoms with Gasteiger partial charge in [0.05, 0.1) is 35.5 Å². The molecule has 1 heterocycles. The Morgan fingerprint density at radius 3 is 2.59 bits per heavy atom.